The summed E-state index contributed by atoms with van der Waals surface area (Å²) in [5.74, 6) is -0.806. The van der Waals surface area contributed by atoms with Crippen LogP contribution >= 0.6 is 0 Å². The van der Waals surface area contributed by atoms with Gasteiger partial charge in [0, 0.05) is 5.92 Å². The minimum absolute atomic E-state index is 0.245. The Bertz CT molecular complexity index is 308. The van der Waals surface area contributed by atoms with Gasteiger partial charge in [-0.05, 0) is 12.5 Å². The van der Waals surface area contributed by atoms with E-state index in [0.717, 1.165) is 5.56 Å². The summed E-state index contributed by atoms with van der Waals surface area (Å²) in [5.41, 5.74) is 0.929. The van der Waals surface area contributed by atoms with Gasteiger partial charge in [0.2, 0.25) is 0 Å². The Labute approximate surface area is 89.7 Å². The van der Waals surface area contributed by atoms with Gasteiger partial charge in [-0.15, -0.1) is 0 Å². The molecule has 1 aromatic rings. The lowest BCUT2D eigenvalue weighted by atomic mass is 9.95. The Morgan fingerprint density at radius 2 is 2.00 bits per heavy atom. The van der Waals surface area contributed by atoms with Gasteiger partial charge in [-0.3, -0.25) is 0 Å². The van der Waals surface area contributed by atoms with Gasteiger partial charge >= 0.3 is 5.97 Å². The zero-order valence-corrected chi connectivity index (χ0v) is 9.01. The van der Waals surface area contributed by atoms with Crippen molar-refractivity contribution < 1.29 is 14.6 Å². The lowest BCUT2D eigenvalue weighted by Gasteiger charge is -2.17. The van der Waals surface area contributed by atoms with Gasteiger partial charge in [0.1, 0.15) is 0 Å². The number of carbonyl (C=O) groups is 1. The molecule has 1 N–H and O–H groups in total. The van der Waals surface area contributed by atoms with E-state index in [-0.39, 0.29) is 12.5 Å². The van der Waals surface area contributed by atoms with Crippen molar-refractivity contribution in [3.63, 3.8) is 0 Å². The number of aliphatic hydroxyl groups is 1. The van der Waals surface area contributed by atoms with E-state index in [1.807, 2.05) is 30.3 Å². The average molecular weight is 208 g/mol. The summed E-state index contributed by atoms with van der Waals surface area (Å²) < 4.78 is 4.76. The number of aliphatic hydroxyl groups excluding tert-OH is 1. The predicted molar refractivity (Wildman–Crippen MR) is 57.5 cm³/mol. The van der Waals surface area contributed by atoms with Crippen LogP contribution in [0.15, 0.2) is 30.3 Å². The van der Waals surface area contributed by atoms with E-state index in [4.69, 9.17) is 4.74 Å². The summed E-state index contributed by atoms with van der Waals surface area (Å²) in [7, 11) is 0. The molecule has 0 aromatic heterocycles. The smallest absolute Gasteiger partial charge is 0.335 e. The second-order valence-corrected chi connectivity index (χ2v) is 3.40. The van der Waals surface area contributed by atoms with Gasteiger partial charge in [0.05, 0.1) is 6.61 Å². The molecule has 0 saturated heterocycles. The average Bonchev–Trinajstić information content (AvgIpc) is 2.28. The number of carbonyl (C=O) groups excluding carboxylic acids is 1. The third-order valence-electron chi connectivity index (χ3n) is 2.33. The zero-order chi connectivity index (χ0) is 11.3. The van der Waals surface area contributed by atoms with Crippen molar-refractivity contribution in [3.8, 4) is 0 Å². The molecule has 3 nitrogen and oxygen atoms in total. The molecule has 0 saturated carbocycles. The lowest BCUT2D eigenvalue weighted by molar-refractivity contribution is -0.154. The standard InChI is InChI=1S/C12H16O3/c1-3-15-12(14)11(13)9(2)10-7-5-4-6-8-10/h4-9,11,13H,3H2,1-2H3. The second-order valence-electron chi connectivity index (χ2n) is 3.40. The highest BCUT2D eigenvalue weighted by atomic mass is 16.5. The fourth-order valence-corrected chi connectivity index (χ4v) is 1.37. The van der Waals surface area contributed by atoms with Gasteiger partial charge in [-0.25, -0.2) is 4.79 Å². The molecule has 1 rings (SSSR count). The van der Waals surface area contributed by atoms with Crippen LogP contribution in [0, 0.1) is 0 Å². The molecule has 0 aliphatic heterocycles. The molecule has 1 aromatic carbocycles. The van der Waals surface area contributed by atoms with Crippen LogP contribution in [0.1, 0.15) is 25.3 Å². The minimum Gasteiger partial charge on any atom is -0.464 e. The fourth-order valence-electron chi connectivity index (χ4n) is 1.37. The highest BCUT2D eigenvalue weighted by Crippen LogP contribution is 2.19. The highest BCUT2D eigenvalue weighted by Gasteiger charge is 2.24. The number of hydrogen-bond donors (Lipinski definition) is 1. The van der Waals surface area contributed by atoms with Crippen LogP contribution in [0.5, 0.6) is 0 Å². The van der Waals surface area contributed by atoms with E-state index in [9.17, 15) is 9.90 Å². The lowest BCUT2D eigenvalue weighted by Crippen LogP contribution is -2.28. The Morgan fingerprint density at radius 1 is 1.40 bits per heavy atom. The van der Waals surface area contributed by atoms with Crippen LogP contribution in [-0.2, 0) is 9.53 Å². The normalized spacial score (nSPS) is 14.3. The highest BCUT2D eigenvalue weighted by molar-refractivity contribution is 5.75. The summed E-state index contributed by atoms with van der Waals surface area (Å²) in [5, 5.41) is 9.70. The molecule has 0 heterocycles. The molecule has 0 spiro atoms. The maximum atomic E-state index is 11.3. The fraction of sp³-hybridized carbons (Fsp3) is 0.417. The molecule has 82 valence electrons. The minimum atomic E-state index is -1.09. The summed E-state index contributed by atoms with van der Waals surface area (Å²) in [6, 6.07) is 9.42. The molecule has 2 unspecified atom stereocenters. The Hall–Kier alpha value is -1.35. The summed E-state index contributed by atoms with van der Waals surface area (Å²) in [6.07, 6.45) is -1.09. The Morgan fingerprint density at radius 3 is 2.53 bits per heavy atom. The van der Waals surface area contributed by atoms with Crippen molar-refractivity contribution >= 4 is 5.97 Å². The van der Waals surface area contributed by atoms with Crippen molar-refractivity contribution in [1.29, 1.82) is 0 Å². The number of benzene rings is 1. The summed E-state index contributed by atoms with van der Waals surface area (Å²) >= 11 is 0. The SMILES string of the molecule is CCOC(=O)C(O)C(C)c1ccccc1. The monoisotopic (exact) mass is 208 g/mol. The number of rotatable bonds is 4. The van der Waals surface area contributed by atoms with E-state index in [1.54, 1.807) is 13.8 Å². The molecule has 0 radical (unpaired) electrons. The van der Waals surface area contributed by atoms with Crippen molar-refractivity contribution in [2.24, 2.45) is 0 Å². The Kier molecular flexibility index (Phi) is 4.31. The van der Waals surface area contributed by atoms with Crippen LogP contribution in [0.2, 0.25) is 0 Å². The molecule has 0 aliphatic rings. The maximum Gasteiger partial charge on any atom is 0.335 e. The Balaban J connectivity index is 2.68. The quantitative estimate of drug-likeness (QED) is 0.766. The van der Waals surface area contributed by atoms with E-state index in [2.05, 4.69) is 0 Å². The molecular formula is C12H16O3. The second kappa shape index (κ2) is 5.51. The van der Waals surface area contributed by atoms with Crippen molar-refractivity contribution in [1.82, 2.24) is 0 Å². The van der Waals surface area contributed by atoms with Gasteiger partial charge in [-0.2, -0.15) is 0 Å². The van der Waals surface area contributed by atoms with Crippen molar-refractivity contribution in [3.05, 3.63) is 35.9 Å². The van der Waals surface area contributed by atoms with E-state index < -0.39 is 12.1 Å². The van der Waals surface area contributed by atoms with Crippen LogP contribution in [0.4, 0.5) is 0 Å². The predicted octanol–water partition coefficient (Wildman–Crippen LogP) is 1.71. The van der Waals surface area contributed by atoms with E-state index in [1.165, 1.54) is 0 Å². The number of esters is 1. The van der Waals surface area contributed by atoms with Crippen LogP contribution in [0.25, 0.3) is 0 Å². The van der Waals surface area contributed by atoms with Gasteiger partial charge < -0.3 is 9.84 Å². The third-order valence-corrected chi connectivity index (χ3v) is 2.33. The van der Waals surface area contributed by atoms with Crippen LogP contribution in [0.3, 0.4) is 0 Å². The molecule has 0 fully saturated rings. The van der Waals surface area contributed by atoms with Crippen molar-refractivity contribution in [2.75, 3.05) is 6.61 Å². The van der Waals surface area contributed by atoms with E-state index in [0.29, 0.717) is 0 Å². The molecule has 0 aliphatic carbocycles. The first-order valence-corrected chi connectivity index (χ1v) is 5.06. The summed E-state index contributed by atoms with van der Waals surface area (Å²) in [6.45, 7) is 3.81. The van der Waals surface area contributed by atoms with Crippen LogP contribution < -0.4 is 0 Å². The molecule has 2 atom stereocenters. The topological polar surface area (TPSA) is 46.5 Å². The maximum absolute atomic E-state index is 11.3. The first-order valence-electron chi connectivity index (χ1n) is 5.06. The molecule has 0 bridgehead atoms. The number of ether oxygens (including phenoxy) is 1. The van der Waals surface area contributed by atoms with E-state index >= 15 is 0 Å². The van der Waals surface area contributed by atoms with Gasteiger partial charge in [0.15, 0.2) is 6.10 Å². The van der Waals surface area contributed by atoms with Gasteiger partial charge in [0.25, 0.3) is 0 Å². The third kappa shape index (κ3) is 3.06. The van der Waals surface area contributed by atoms with Crippen LogP contribution in [-0.4, -0.2) is 23.8 Å². The molecule has 0 amide bonds. The summed E-state index contributed by atoms with van der Waals surface area (Å²) in [4.78, 5) is 11.3. The first kappa shape index (κ1) is 11.7. The van der Waals surface area contributed by atoms with Gasteiger partial charge in [-0.1, -0.05) is 37.3 Å². The number of hydrogen-bond acceptors (Lipinski definition) is 3. The molecule has 3 heteroatoms. The van der Waals surface area contributed by atoms with Crippen molar-refractivity contribution in [2.45, 2.75) is 25.9 Å². The molecular weight excluding hydrogens is 192 g/mol. The molecule has 15 heavy (non-hydrogen) atoms. The largest absolute Gasteiger partial charge is 0.464 e. The zero-order valence-electron chi connectivity index (χ0n) is 9.01. The first-order chi connectivity index (χ1) is 7.16.